The number of hydrogen-bond donors (Lipinski definition) is 3. The molecule has 73 heavy (non-hydrogen) atoms. The Balaban J connectivity index is 1.12. The van der Waals surface area contributed by atoms with Crippen molar-refractivity contribution in [3.05, 3.63) is 71.5 Å². The van der Waals surface area contributed by atoms with Crippen LogP contribution in [0.15, 0.2) is 54.9 Å². The van der Waals surface area contributed by atoms with Crippen LogP contribution in [0.1, 0.15) is 97.8 Å². The van der Waals surface area contributed by atoms with E-state index in [1.807, 2.05) is 45.2 Å². The van der Waals surface area contributed by atoms with Crippen LogP contribution in [0.2, 0.25) is 0 Å². The number of nitrogens with zero attached hydrogens (tertiary/aromatic N) is 6. The van der Waals surface area contributed by atoms with Crippen molar-refractivity contribution in [1.29, 1.82) is 0 Å². The summed E-state index contributed by atoms with van der Waals surface area (Å²) in [5, 5.41) is 16.7. The van der Waals surface area contributed by atoms with E-state index in [2.05, 4.69) is 53.2 Å². The number of hydrazine groups is 1. The van der Waals surface area contributed by atoms with Gasteiger partial charge in [-0.3, -0.25) is 34.0 Å². The minimum atomic E-state index is -1.40. The van der Waals surface area contributed by atoms with E-state index < -0.39 is 75.3 Å². The van der Waals surface area contributed by atoms with Crippen molar-refractivity contribution in [2.24, 2.45) is 17.3 Å². The summed E-state index contributed by atoms with van der Waals surface area (Å²) < 4.78 is 28.7. The standard InChI is InChI=1S/C55H74N8O9S/c1-12-61-44-18-17-35-26-39(44)40(48(61)41-28-56-20-19-36(41)30-71-11)27-55(7,8)31-72-53(69)42-14-13-21-62(58-42)51(67)43(24-33-22-37(35)25-38(64)23-33)57-50(66)46(32(2)3)60(10)45(65)29-59(9)52(68)49-47(34-15-16-34)63(49)73(70)54(4,5)6/h17-20,22-23,25-26,28,32,34,42-43,46-47,49,58,64H,12-16,21,24,27,29-31H2,1-11H3,(H,57,66)/t42-,43-,46-,47+,49+,63?,73+/m0/s1. The molecule has 17 nitrogen and oxygen atoms in total. The highest BCUT2D eigenvalue weighted by atomic mass is 32.2. The van der Waals surface area contributed by atoms with Gasteiger partial charge in [0.25, 0.3) is 5.91 Å². The van der Waals surface area contributed by atoms with Gasteiger partial charge in [0.1, 0.15) is 28.6 Å². The Morgan fingerprint density at radius 2 is 1.81 bits per heavy atom. The summed E-state index contributed by atoms with van der Waals surface area (Å²) in [7, 11) is 4.74. The van der Waals surface area contributed by atoms with Crippen molar-refractivity contribution < 1.29 is 43.1 Å². The minimum absolute atomic E-state index is 0.0300. The predicted molar refractivity (Wildman–Crippen MR) is 280 cm³/mol. The summed E-state index contributed by atoms with van der Waals surface area (Å²) in [6.45, 7) is 16.5. The van der Waals surface area contributed by atoms with E-state index in [4.69, 9.17) is 9.47 Å². The summed E-state index contributed by atoms with van der Waals surface area (Å²) in [6.07, 6.45) is 6.96. The van der Waals surface area contributed by atoms with Gasteiger partial charge in [0, 0.05) is 86.4 Å². The van der Waals surface area contributed by atoms with E-state index >= 15 is 0 Å². The number of likely N-dealkylation sites (N-methyl/N-ethyl adjacent to an activating group) is 2. The lowest BCUT2D eigenvalue weighted by atomic mass is 9.84. The third kappa shape index (κ3) is 11.4. The molecule has 0 radical (unpaired) electrons. The third-order valence-corrected chi connectivity index (χ3v) is 16.5. The van der Waals surface area contributed by atoms with Crippen molar-refractivity contribution in [3.63, 3.8) is 0 Å². The lowest BCUT2D eigenvalue weighted by molar-refractivity contribution is -0.155. The Kier molecular flexibility index (Phi) is 15.7. The number of amides is 4. The zero-order valence-electron chi connectivity index (χ0n) is 44.3. The number of ether oxygens (including phenoxy) is 2. The molecule has 1 unspecified atom stereocenters. The second-order valence-electron chi connectivity index (χ2n) is 22.6. The maximum Gasteiger partial charge on any atom is 0.324 e. The summed E-state index contributed by atoms with van der Waals surface area (Å²) in [6, 6.07) is 9.52. The number of fused-ring (bicyclic) bond motifs is 6. The van der Waals surface area contributed by atoms with Gasteiger partial charge < -0.3 is 38.8 Å². The van der Waals surface area contributed by atoms with Crippen LogP contribution in [0.4, 0.5) is 0 Å². The van der Waals surface area contributed by atoms with Gasteiger partial charge in [0.2, 0.25) is 17.7 Å². The summed E-state index contributed by atoms with van der Waals surface area (Å²) in [5.41, 5.74) is 9.60. The van der Waals surface area contributed by atoms with Crippen LogP contribution < -0.4 is 10.7 Å². The summed E-state index contributed by atoms with van der Waals surface area (Å²) in [5.74, 6) is -2.52. The molecule has 4 aliphatic rings. The molecular formula is C55H74N8O9S. The first kappa shape index (κ1) is 53.8. The van der Waals surface area contributed by atoms with Crippen molar-refractivity contribution in [3.8, 4) is 28.1 Å². The van der Waals surface area contributed by atoms with Crippen LogP contribution in [0.3, 0.4) is 0 Å². The summed E-state index contributed by atoms with van der Waals surface area (Å²) >= 11 is -1.40. The fourth-order valence-corrected chi connectivity index (χ4v) is 12.3. The molecule has 0 spiro atoms. The molecule has 3 fully saturated rings. The Hall–Kier alpha value is -5.53. The number of aryl methyl sites for hydroxylation is 1. The number of pyridine rings is 1. The molecule has 4 amide bonds. The first-order valence-corrected chi connectivity index (χ1v) is 26.8. The van der Waals surface area contributed by atoms with E-state index in [1.165, 1.54) is 21.9 Å². The highest BCUT2D eigenvalue weighted by Gasteiger charge is 2.67. The molecule has 2 aromatic carbocycles. The number of carbonyl (C=O) groups excluding carboxylic acids is 5. The molecule has 3 N–H and O–H groups in total. The Labute approximate surface area is 432 Å². The number of phenols is 1. The molecule has 18 heteroatoms. The number of methoxy groups -OCH3 is 1. The van der Waals surface area contributed by atoms with Crippen LogP contribution in [0, 0.1) is 17.3 Å². The van der Waals surface area contributed by atoms with Gasteiger partial charge in [-0.1, -0.05) is 39.8 Å². The predicted octanol–water partition coefficient (Wildman–Crippen LogP) is 5.76. The summed E-state index contributed by atoms with van der Waals surface area (Å²) in [4.78, 5) is 78.7. The molecule has 2 saturated heterocycles. The zero-order chi connectivity index (χ0) is 52.8. The fourth-order valence-electron chi connectivity index (χ4n) is 10.8. The second kappa shape index (κ2) is 21.4. The number of benzene rings is 2. The first-order chi connectivity index (χ1) is 34.5. The molecule has 7 atom stereocenters. The molecule has 394 valence electrons. The van der Waals surface area contributed by atoms with Gasteiger partial charge in [-0.15, -0.1) is 4.31 Å². The number of hydrogen-bond acceptors (Lipinski definition) is 12. The highest BCUT2D eigenvalue weighted by Crippen LogP contribution is 2.51. The van der Waals surface area contributed by atoms with Crippen LogP contribution in [0.25, 0.3) is 33.3 Å². The first-order valence-electron chi connectivity index (χ1n) is 25.7. The molecule has 4 aromatic rings. The number of aromatic nitrogens is 2. The number of rotatable bonds is 13. The average Bonchev–Trinajstić information content (AvgIpc) is 4.28. The Morgan fingerprint density at radius 1 is 1.07 bits per heavy atom. The third-order valence-electron chi connectivity index (χ3n) is 14.6. The van der Waals surface area contributed by atoms with Crippen molar-refractivity contribution in [2.75, 3.05) is 40.9 Å². The van der Waals surface area contributed by atoms with E-state index in [0.29, 0.717) is 49.5 Å². The second-order valence-corrected chi connectivity index (χ2v) is 24.7. The van der Waals surface area contributed by atoms with Crippen LogP contribution in [-0.2, 0) is 70.8 Å². The minimum Gasteiger partial charge on any atom is -0.597 e. The molecule has 6 bridgehead atoms. The quantitative estimate of drug-likeness (QED) is 0.0833. The maximum atomic E-state index is 14.8. The molecular weight excluding hydrogens is 949 g/mol. The fraction of sp³-hybridized carbons (Fsp3) is 0.564. The number of esters is 1. The highest BCUT2D eigenvalue weighted by molar-refractivity contribution is 7.90. The normalized spacial score (nSPS) is 23.1. The topological polar surface area (TPSA) is 202 Å². The van der Waals surface area contributed by atoms with Gasteiger partial charge in [0.05, 0.1) is 31.5 Å². The van der Waals surface area contributed by atoms with E-state index in [1.54, 1.807) is 50.6 Å². The molecule has 1 aliphatic carbocycles. The molecule has 8 rings (SSSR count). The van der Waals surface area contributed by atoms with Crippen molar-refractivity contribution in [2.45, 2.75) is 142 Å². The SMILES string of the molecule is CCn1c(-c2cnccc2COC)c2c3cc(ccc31)-c1cc(O)cc(c1)C[C@H](NC(=O)[C@H](C(C)C)N(C)C(=O)CN(C)C(=O)[C@H]1[C@@H](C3CC3)N1[S@+]([O-])C(C)(C)C)C(=O)N1CCC[C@H](N1)C(=O)OCC(C)(C)C2. The number of carbonyl (C=O) groups is 5. The smallest absolute Gasteiger partial charge is 0.324 e. The zero-order valence-corrected chi connectivity index (χ0v) is 45.1. The van der Waals surface area contributed by atoms with E-state index in [0.717, 1.165) is 51.7 Å². The van der Waals surface area contributed by atoms with E-state index in [9.17, 15) is 33.6 Å². The Morgan fingerprint density at radius 3 is 2.48 bits per heavy atom. The van der Waals surface area contributed by atoms with Gasteiger partial charge in [-0.2, -0.15) is 0 Å². The number of cyclic esters (lactones) is 1. The molecule has 5 heterocycles. The monoisotopic (exact) mass is 1020 g/mol. The Bertz CT molecular complexity index is 2750. The number of aromatic hydroxyl groups is 1. The lowest BCUT2D eigenvalue weighted by Gasteiger charge is -2.37. The van der Waals surface area contributed by atoms with Crippen LogP contribution in [-0.4, -0.2) is 144 Å². The van der Waals surface area contributed by atoms with Gasteiger partial charge in [-0.05, 0) is 130 Å². The molecule has 2 aromatic heterocycles. The van der Waals surface area contributed by atoms with Gasteiger partial charge >= 0.3 is 5.97 Å². The number of phenolic OH excluding ortho intramolecular Hbond substituents is 1. The lowest BCUT2D eigenvalue weighted by Crippen LogP contribution is -2.62. The van der Waals surface area contributed by atoms with Crippen LogP contribution >= 0.6 is 0 Å². The number of nitrogens with one attached hydrogen (secondary N) is 2. The average molecular weight is 1020 g/mol. The molecule has 1 saturated carbocycles. The maximum absolute atomic E-state index is 14.8. The van der Waals surface area contributed by atoms with Crippen molar-refractivity contribution >= 4 is 51.9 Å². The van der Waals surface area contributed by atoms with Gasteiger partial charge in [0.15, 0.2) is 6.04 Å². The van der Waals surface area contributed by atoms with Crippen molar-refractivity contribution in [1.82, 2.24) is 39.4 Å². The van der Waals surface area contributed by atoms with Gasteiger partial charge in [-0.25, -0.2) is 5.43 Å². The van der Waals surface area contributed by atoms with Crippen LogP contribution in [0.5, 0.6) is 5.75 Å². The largest absolute Gasteiger partial charge is 0.597 e. The molecule has 3 aliphatic heterocycles. The van der Waals surface area contributed by atoms with E-state index in [-0.39, 0.29) is 43.8 Å².